The van der Waals surface area contributed by atoms with E-state index in [0.29, 0.717) is 13.0 Å². The molecule has 0 aromatic carbocycles. The molecule has 3 amide bonds. The number of rotatable bonds is 2. The molecule has 1 saturated heterocycles. The van der Waals surface area contributed by atoms with Crippen LogP contribution in [0, 0.1) is 5.92 Å². The zero-order valence-electron chi connectivity index (χ0n) is 9.96. The minimum atomic E-state index is -4.25. The number of carbonyl (C=O) groups excluding carboxylic acids is 2. The van der Waals surface area contributed by atoms with Crippen LogP contribution < -0.4 is 11.1 Å². The molecule has 0 aromatic rings. The summed E-state index contributed by atoms with van der Waals surface area (Å²) in [5.41, 5.74) is 4.79. The van der Waals surface area contributed by atoms with Crippen molar-refractivity contribution in [3.63, 3.8) is 0 Å². The predicted molar refractivity (Wildman–Crippen MR) is 57.5 cm³/mol. The Labute approximate surface area is 102 Å². The van der Waals surface area contributed by atoms with Gasteiger partial charge >= 0.3 is 12.2 Å². The SMILES string of the molecule is C[C@@H](C(=O)NC(N)=O)N1CCC[C@@H](C(F)(F)F)C1. The van der Waals surface area contributed by atoms with Crippen LogP contribution in [0.3, 0.4) is 0 Å². The number of nitrogens with one attached hydrogen (secondary N) is 1. The molecule has 0 radical (unpaired) electrons. The van der Waals surface area contributed by atoms with Crippen LogP contribution in [0.2, 0.25) is 0 Å². The molecule has 18 heavy (non-hydrogen) atoms. The fraction of sp³-hybridized carbons (Fsp3) is 0.800. The summed E-state index contributed by atoms with van der Waals surface area (Å²) in [7, 11) is 0. The normalized spacial score (nSPS) is 23.4. The van der Waals surface area contributed by atoms with Crippen LogP contribution in [0.4, 0.5) is 18.0 Å². The number of imide groups is 1. The maximum absolute atomic E-state index is 12.6. The number of nitrogens with zero attached hydrogens (tertiary/aromatic N) is 1. The molecule has 0 aromatic heterocycles. The van der Waals surface area contributed by atoms with E-state index < -0.39 is 30.1 Å². The summed E-state index contributed by atoms with van der Waals surface area (Å²) in [5.74, 6) is -2.10. The van der Waals surface area contributed by atoms with Crippen LogP contribution in [0.1, 0.15) is 19.8 Å². The Morgan fingerprint density at radius 3 is 2.56 bits per heavy atom. The van der Waals surface area contributed by atoms with E-state index >= 15 is 0 Å². The minimum Gasteiger partial charge on any atom is -0.351 e. The molecule has 1 heterocycles. The van der Waals surface area contributed by atoms with E-state index in [1.54, 1.807) is 0 Å². The molecule has 2 atom stereocenters. The van der Waals surface area contributed by atoms with Crippen LogP contribution >= 0.6 is 0 Å². The number of halogens is 3. The summed E-state index contributed by atoms with van der Waals surface area (Å²) in [5, 5.41) is 1.87. The smallest absolute Gasteiger partial charge is 0.351 e. The summed E-state index contributed by atoms with van der Waals surface area (Å²) in [6.45, 7) is 1.63. The molecule has 0 aliphatic carbocycles. The number of alkyl halides is 3. The molecule has 0 bridgehead atoms. The van der Waals surface area contributed by atoms with E-state index in [1.165, 1.54) is 11.8 Å². The van der Waals surface area contributed by atoms with Gasteiger partial charge in [-0.15, -0.1) is 0 Å². The fourth-order valence-electron chi connectivity index (χ4n) is 2.02. The molecule has 0 spiro atoms. The average molecular weight is 267 g/mol. The number of amides is 3. The summed E-state index contributed by atoms with van der Waals surface area (Å²) in [6.07, 6.45) is -3.80. The second-order valence-electron chi connectivity index (χ2n) is 4.41. The summed E-state index contributed by atoms with van der Waals surface area (Å²) >= 11 is 0. The fourth-order valence-corrected chi connectivity index (χ4v) is 2.02. The van der Waals surface area contributed by atoms with Gasteiger partial charge < -0.3 is 5.73 Å². The highest BCUT2D eigenvalue weighted by molar-refractivity contribution is 5.96. The molecular formula is C10H16F3N3O2. The lowest BCUT2D eigenvalue weighted by Gasteiger charge is -2.36. The van der Waals surface area contributed by atoms with Crippen molar-refractivity contribution < 1.29 is 22.8 Å². The van der Waals surface area contributed by atoms with Crippen molar-refractivity contribution in [1.82, 2.24) is 10.2 Å². The number of piperidine rings is 1. The van der Waals surface area contributed by atoms with Gasteiger partial charge in [0.15, 0.2) is 0 Å². The standard InChI is InChI=1S/C10H16F3N3O2/c1-6(8(17)15-9(14)18)16-4-2-3-7(5-16)10(11,12)13/h6-7H,2-5H2,1H3,(H3,14,15,17,18)/t6-,7+/m0/s1. The molecule has 3 N–H and O–H groups in total. The van der Waals surface area contributed by atoms with Crippen LogP contribution in [0.25, 0.3) is 0 Å². The molecule has 5 nitrogen and oxygen atoms in total. The van der Waals surface area contributed by atoms with Crippen molar-refractivity contribution in [2.24, 2.45) is 11.7 Å². The van der Waals surface area contributed by atoms with Crippen molar-refractivity contribution in [3.05, 3.63) is 0 Å². The van der Waals surface area contributed by atoms with Crippen molar-refractivity contribution in [1.29, 1.82) is 0 Å². The van der Waals surface area contributed by atoms with Gasteiger partial charge in [0, 0.05) is 6.54 Å². The topological polar surface area (TPSA) is 75.4 Å². The number of likely N-dealkylation sites (tertiary alicyclic amines) is 1. The second kappa shape index (κ2) is 5.55. The first-order valence-electron chi connectivity index (χ1n) is 5.63. The van der Waals surface area contributed by atoms with Gasteiger partial charge in [-0.05, 0) is 26.3 Å². The van der Waals surface area contributed by atoms with E-state index in [9.17, 15) is 22.8 Å². The van der Waals surface area contributed by atoms with Gasteiger partial charge in [-0.3, -0.25) is 15.0 Å². The Hall–Kier alpha value is -1.31. The Balaban J connectivity index is 2.61. The Kier molecular flexibility index (Phi) is 4.55. The number of hydrogen-bond acceptors (Lipinski definition) is 3. The predicted octanol–water partition coefficient (Wildman–Crippen LogP) is 0.844. The lowest BCUT2D eigenvalue weighted by Crippen LogP contribution is -2.52. The van der Waals surface area contributed by atoms with Gasteiger partial charge in [0.25, 0.3) is 0 Å². The number of urea groups is 1. The summed E-state index contributed by atoms with van der Waals surface area (Å²) in [4.78, 5) is 23.4. The van der Waals surface area contributed by atoms with Crippen molar-refractivity contribution in [2.45, 2.75) is 32.0 Å². The van der Waals surface area contributed by atoms with E-state index in [0.717, 1.165) is 0 Å². The minimum absolute atomic E-state index is 0.0736. The molecule has 1 fully saturated rings. The highest BCUT2D eigenvalue weighted by atomic mass is 19.4. The number of nitrogens with two attached hydrogens (primary N) is 1. The molecule has 8 heteroatoms. The monoisotopic (exact) mass is 267 g/mol. The molecule has 0 saturated carbocycles. The quantitative estimate of drug-likeness (QED) is 0.778. The molecule has 1 rings (SSSR count). The van der Waals surface area contributed by atoms with Gasteiger partial charge in [0.05, 0.1) is 12.0 Å². The Morgan fingerprint density at radius 2 is 2.06 bits per heavy atom. The van der Waals surface area contributed by atoms with Crippen molar-refractivity contribution in [2.75, 3.05) is 13.1 Å². The average Bonchev–Trinajstić information content (AvgIpc) is 2.26. The van der Waals surface area contributed by atoms with Gasteiger partial charge in [-0.2, -0.15) is 13.2 Å². The van der Waals surface area contributed by atoms with Crippen LogP contribution in [0.5, 0.6) is 0 Å². The lowest BCUT2D eigenvalue weighted by molar-refractivity contribution is -0.188. The number of hydrogen-bond donors (Lipinski definition) is 2. The lowest BCUT2D eigenvalue weighted by atomic mass is 9.96. The Bertz CT molecular complexity index is 333. The molecule has 1 aliphatic heterocycles. The molecular weight excluding hydrogens is 251 g/mol. The van der Waals surface area contributed by atoms with Gasteiger partial charge in [-0.25, -0.2) is 4.79 Å². The van der Waals surface area contributed by atoms with E-state index in [1.807, 2.05) is 5.32 Å². The van der Waals surface area contributed by atoms with Crippen LogP contribution in [-0.2, 0) is 4.79 Å². The van der Waals surface area contributed by atoms with E-state index in [4.69, 9.17) is 5.73 Å². The third kappa shape index (κ3) is 3.86. The number of carbonyl (C=O) groups is 2. The van der Waals surface area contributed by atoms with Crippen molar-refractivity contribution in [3.8, 4) is 0 Å². The number of primary amides is 1. The van der Waals surface area contributed by atoms with E-state index in [-0.39, 0.29) is 13.0 Å². The summed E-state index contributed by atoms with van der Waals surface area (Å²) < 4.78 is 37.8. The molecule has 1 aliphatic rings. The highest BCUT2D eigenvalue weighted by Gasteiger charge is 2.43. The van der Waals surface area contributed by atoms with Gasteiger partial charge in [0.2, 0.25) is 5.91 Å². The zero-order chi connectivity index (χ0) is 13.9. The Morgan fingerprint density at radius 1 is 1.44 bits per heavy atom. The molecule has 0 unspecified atom stereocenters. The van der Waals surface area contributed by atoms with Crippen LogP contribution in [-0.4, -0.2) is 42.1 Å². The van der Waals surface area contributed by atoms with Crippen molar-refractivity contribution >= 4 is 11.9 Å². The van der Waals surface area contributed by atoms with Gasteiger partial charge in [-0.1, -0.05) is 0 Å². The third-order valence-electron chi connectivity index (χ3n) is 3.09. The first-order chi connectivity index (χ1) is 8.21. The van der Waals surface area contributed by atoms with Crippen LogP contribution in [0.15, 0.2) is 0 Å². The molecule has 104 valence electrons. The van der Waals surface area contributed by atoms with Gasteiger partial charge in [0.1, 0.15) is 0 Å². The first-order valence-corrected chi connectivity index (χ1v) is 5.63. The largest absolute Gasteiger partial charge is 0.393 e. The highest BCUT2D eigenvalue weighted by Crippen LogP contribution is 2.33. The first kappa shape index (κ1) is 14.7. The third-order valence-corrected chi connectivity index (χ3v) is 3.09. The maximum Gasteiger partial charge on any atom is 0.393 e. The second-order valence-corrected chi connectivity index (χ2v) is 4.41. The van der Waals surface area contributed by atoms with E-state index in [2.05, 4.69) is 0 Å². The zero-order valence-corrected chi connectivity index (χ0v) is 9.96. The summed E-state index contributed by atoms with van der Waals surface area (Å²) in [6, 6.07) is -1.81. The maximum atomic E-state index is 12.6.